The molecule has 0 unspecified atom stereocenters. The predicted octanol–water partition coefficient (Wildman–Crippen LogP) is 3.50. The van der Waals surface area contributed by atoms with E-state index < -0.39 is 18.0 Å². The molecule has 0 saturated carbocycles. The van der Waals surface area contributed by atoms with Crippen molar-refractivity contribution in [2.24, 2.45) is 0 Å². The van der Waals surface area contributed by atoms with Crippen molar-refractivity contribution in [3.05, 3.63) is 63.8 Å². The van der Waals surface area contributed by atoms with Gasteiger partial charge in [-0.05, 0) is 36.6 Å². The third-order valence-electron chi connectivity index (χ3n) is 3.27. The number of amides is 2. The van der Waals surface area contributed by atoms with E-state index in [0.29, 0.717) is 9.90 Å². The van der Waals surface area contributed by atoms with Crippen molar-refractivity contribution < 1.29 is 19.1 Å². The zero-order valence-corrected chi connectivity index (χ0v) is 15.5. The average molecular weight is 393 g/mol. The molecule has 0 aliphatic heterocycles. The van der Waals surface area contributed by atoms with E-state index in [9.17, 15) is 14.4 Å². The molecule has 1 heterocycles. The molecule has 1 aromatic carbocycles. The lowest BCUT2D eigenvalue weighted by Gasteiger charge is -2.15. The van der Waals surface area contributed by atoms with Crippen molar-refractivity contribution in [1.29, 1.82) is 0 Å². The lowest BCUT2D eigenvalue weighted by molar-refractivity contribution is -0.128. The van der Waals surface area contributed by atoms with Crippen LogP contribution >= 0.6 is 22.9 Å². The lowest BCUT2D eigenvalue weighted by Crippen LogP contribution is -2.36. The number of nitrogens with one attached hydrogen (secondary N) is 2. The maximum atomic E-state index is 12.4. The number of anilines is 1. The number of carbonyl (C=O) groups excluding carboxylic acids is 3. The summed E-state index contributed by atoms with van der Waals surface area (Å²) in [7, 11) is 0. The van der Waals surface area contributed by atoms with E-state index in [1.165, 1.54) is 42.5 Å². The highest BCUT2D eigenvalue weighted by Gasteiger charge is 2.22. The van der Waals surface area contributed by atoms with Crippen LogP contribution in [0.3, 0.4) is 0 Å². The molecule has 2 amide bonds. The van der Waals surface area contributed by atoms with Crippen molar-refractivity contribution in [1.82, 2.24) is 5.32 Å². The third-order valence-corrected chi connectivity index (χ3v) is 4.37. The Bertz CT molecular complexity index is 821. The minimum absolute atomic E-state index is 0.0997. The van der Waals surface area contributed by atoms with Crippen LogP contribution in [0, 0.1) is 0 Å². The molecule has 1 aromatic heterocycles. The van der Waals surface area contributed by atoms with Crippen LogP contribution in [0.25, 0.3) is 0 Å². The Kier molecular flexibility index (Phi) is 6.94. The van der Waals surface area contributed by atoms with Gasteiger partial charge in [-0.2, -0.15) is 0 Å². The quantitative estimate of drug-likeness (QED) is 0.558. The third kappa shape index (κ3) is 5.18. The molecule has 2 N–H and O–H groups in total. The SMILES string of the molecule is C=CCNC(=O)[C@H](C)OC(=O)c1ccc(Cl)cc1NC(=O)c1cccs1. The molecule has 136 valence electrons. The van der Waals surface area contributed by atoms with Gasteiger partial charge in [0.1, 0.15) is 0 Å². The molecule has 1 atom stereocenters. The molecule has 2 aromatic rings. The van der Waals surface area contributed by atoms with Crippen LogP contribution < -0.4 is 10.6 Å². The lowest BCUT2D eigenvalue weighted by atomic mass is 10.1. The Hall–Kier alpha value is -2.64. The Balaban J connectivity index is 2.15. The first-order valence-electron chi connectivity index (χ1n) is 7.66. The molecular formula is C18H17ClN2O4S. The number of halogens is 1. The molecular weight excluding hydrogens is 376 g/mol. The largest absolute Gasteiger partial charge is 0.449 e. The van der Waals surface area contributed by atoms with Gasteiger partial charge < -0.3 is 15.4 Å². The molecule has 6 nitrogen and oxygen atoms in total. The summed E-state index contributed by atoms with van der Waals surface area (Å²) in [6.07, 6.45) is 0.517. The second-order valence-electron chi connectivity index (χ2n) is 5.20. The maximum Gasteiger partial charge on any atom is 0.341 e. The summed E-state index contributed by atoms with van der Waals surface area (Å²) in [5.74, 6) is -1.56. The Morgan fingerprint density at radius 3 is 2.77 bits per heavy atom. The van der Waals surface area contributed by atoms with Crippen molar-refractivity contribution >= 4 is 46.4 Å². The minimum Gasteiger partial charge on any atom is -0.449 e. The first kappa shape index (κ1) is 19.7. The van der Waals surface area contributed by atoms with Crippen molar-refractivity contribution in [3.63, 3.8) is 0 Å². The molecule has 0 spiro atoms. The van der Waals surface area contributed by atoms with Crippen LogP contribution in [-0.2, 0) is 9.53 Å². The summed E-state index contributed by atoms with van der Waals surface area (Å²) >= 11 is 7.24. The van der Waals surface area contributed by atoms with Gasteiger partial charge in [0.25, 0.3) is 11.8 Å². The number of thiophene rings is 1. The summed E-state index contributed by atoms with van der Waals surface area (Å²) < 4.78 is 5.17. The van der Waals surface area contributed by atoms with Crippen molar-refractivity contribution in [3.8, 4) is 0 Å². The minimum atomic E-state index is -1.00. The number of hydrogen-bond donors (Lipinski definition) is 2. The zero-order valence-electron chi connectivity index (χ0n) is 14.0. The van der Waals surface area contributed by atoms with Crippen molar-refractivity contribution in [2.45, 2.75) is 13.0 Å². The number of hydrogen-bond acceptors (Lipinski definition) is 5. The van der Waals surface area contributed by atoms with E-state index in [4.69, 9.17) is 16.3 Å². The molecule has 0 aliphatic carbocycles. The van der Waals surface area contributed by atoms with Crippen LogP contribution in [0.15, 0.2) is 48.4 Å². The van der Waals surface area contributed by atoms with E-state index in [1.807, 2.05) is 0 Å². The second kappa shape index (κ2) is 9.17. The second-order valence-corrected chi connectivity index (χ2v) is 6.59. The predicted molar refractivity (Wildman–Crippen MR) is 102 cm³/mol. The van der Waals surface area contributed by atoms with Crippen LogP contribution in [0.1, 0.15) is 27.0 Å². The van der Waals surface area contributed by atoms with Gasteiger partial charge in [0.05, 0.1) is 16.1 Å². The van der Waals surface area contributed by atoms with E-state index in [2.05, 4.69) is 17.2 Å². The number of esters is 1. The number of benzene rings is 1. The van der Waals surface area contributed by atoms with Gasteiger partial charge in [-0.3, -0.25) is 9.59 Å². The molecule has 0 aliphatic rings. The fourth-order valence-electron chi connectivity index (χ4n) is 1.98. The Morgan fingerprint density at radius 1 is 1.35 bits per heavy atom. The Labute approximate surface area is 159 Å². The van der Waals surface area contributed by atoms with Gasteiger partial charge in [0.15, 0.2) is 6.10 Å². The topological polar surface area (TPSA) is 84.5 Å². The number of carbonyl (C=O) groups is 3. The van der Waals surface area contributed by atoms with Crippen LogP contribution in [-0.4, -0.2) is 30.4 Å². The normalized spacial score (nSPS) is 11.3. The molecule has 2 rings (SSSR count). The smallest absolute Gasteiger partial charge is 0.341 e. The standard InChI is InChI=1S/C18H17ClN2O4S/c1-3-8-20-16(22)11(2)25-18(24)13-7-6-12(19)10-14(13)21-17(23)15-5-4-9-26-15/h3-7,9-11H,1,8H2,2H3,(H,20,22)(H,21,23)/t11-/m0/s1. The molecule has 0 saturated heterocycles. The van der Waals surface area contributed by atoms with E-state index >= 15 is 0 Å². The number of rotatable bonds is 7. The van der Waals surface area contributed by atoms with Crippen molar-refractivity contribution in [2.75, 3.05) is 11.9 Å². The van der Waals surface area contributed by atoms with Gasteiger partial charge in [-0.15, -0.1) is 17.9 Å². The first-order valence-corrected chi connectivity index (χ1v) is 8.92. The Morgan fingerprint density at radius 2 is 2.12 bits per heavy atom. The summed E-state index contributed by atoms with van der Waals surface area (Å²) in [4.78, 5) is 37.0. The zero-order chi connectivity index (χ0) is 19.1. The highest BCUT2D eigenvalue weighted by Crippen LogP contribution is 2.24. The highest BCUT2D eigenvalue weighted by atomic mass is 35.5. The highest BCUT2D eigenvalue weighted by molar-refractivity contribution is 7.12. The average Bonchev–Trinajstić information content (AvgIpc) is 3.14. The molecule has 0 fully saturated rings. The number of ether oxygens (including phenoxy) is 1. The van der Waals surface area contributed by atoms with Crippen LogP contribution in [0.2, 0.25) is 5.02 Å². The fourth-order valence-corrected chi connectivity index (χ4v) is 2.77. The fraction of sp³-hybridized carbons (Fsp3) is 0.167. The maximum absolute atomic E-state index is 12.4. The van der Waals surface area contributed by atoms with E-state index in [-0.39, 0.29) is 23.7 Å². The van der Waals surface area contributed by atoms with E-state index in [1.54, 1.807) is 17.5 Å². The van der Waals surface area contributed by atoms with Crippen LogP contribution in [0.4, 0.5) is 5.69 Å². The summed E-state index contributed by atoms with van der Waals surface area (Å²) in [5, 5.41) is 7.30. The molecule has 8 heteroatoms. The van der Waals surface area contributed by atoms with Crippen LogP contribution in [0.5, 0.6) is 0 Å². The van der Waals surface area contributed by atoms with Gasteiger partial charge in [0.2, 0.25) is 0 Å². The summed E-state index contributed by atoms with van der Waals surface area (Å²) in [6, 6.07) is 7.79. The molecule has 26 heavy (non-hydrogen) atoms. The van der Waals surface area contributed by atoms with Gasteiger partial charge in [-0.25, -0.2) is 4.79 Å². The van der Waals surface area contributed by atoms with Gasteiger partial charge in [-0.1, -0.05) is 23.7 Å². The summed E-state index contributed by atoms with van der Waals surface area (Å²) in [6.45, 7) is 5.22. The monoisotopic (exact) mass is 392 g/mol. The summed E-state index contributed by atoms with van der Waals surface area (Å²) in [5.41, 5.74) is 0.308. The van der Waals surface area contributed by atoms with Gasteiger partial charge in [0, 0.05) is 11.6 Å². The first-order chi connectivity index (χ1) is 12.4. The van der Waals surface area contributed by atoms with Gasteiger partial charge >= 0.3 is 5.97 Å². The van der Waals surface area contributed by atoms with E-state index in [0.717, 1.165) is 0 Å². The molecule has 0 bridgehead atoms. The molecule has 0 radical (unpaired) electrons.